The highest BCUT2D eigenvalue weighted by molar-refractivity contribution is 5.81. The monoisotopic (exact) mass is 382 g/mol. The Bertz CT molecular complexity index is 784. The molecular formula is C22H26N2O4. The topological polar surface area (TPSA) is 59.1 Å². The standard InChI is InChI=1S/C22H26N2O4/c1-17(22(26)24-14-12-23(13-15-24)18(2)25)28-21-10-8-20(9-11-21)27-16-19-6-4-3-5-7-19/h3-11,17H,12-16H2,1-2H3. The molecule has 1 aliphatic rings. The third-order valence-corrected chi connectivity index (χ3v) is 4.77. The second-order valence-electron chi connectivity index (χ2n) is 6.84. The molecule has 2 amide bonds. The maximum absolute atomic E-state index is 12.6. The Balaban J connectivity index is 1.48. The molecule has 0 spiro atoms. The number of rotatable bonds is 6. The molecular weight excluding hydrogens is 356 g/mol. The zero-order valence-corrected chi connectivity index (χ0v) is 16.3. The van der Waals surface area contributed by atoms with E-state index in [4.69, 9.17) is 9.47 Å². The second-order valence-corrected chi connectivity index (χ2v) is 6.84. The van der Waals surface area contributed by atoms with Crippen molar-refractivity contribution in [3.05, 3.63) is 60.2 Å². The fraction of sp³-hybridized carbons (Fsp3) is 0.364. The summed E-state index contributed by atoms with van der Waals surface area (Å²) < 4.78 is 11.6. The van der Waals surface area contributed by atoms with Crippen molar-refractivity contribution in [1.29, 1.82) is 0 Å². The molecule has 6 nitrogen and oxygen atoms in total. The molecule has 0 bridgehead atoms. The summed E-state index contributed by atoms with van der Waals surface area (Å²) in [5, 5.41) is 0. The Morgan fingerprint density at radius 3 is 2.07 bits per heavy atom. The Morgan fingerprint density at radius 1 is 0.893 bits per heavy atom. The van der Waals surface area contributed by atoms with Crippen LogP contribution in [0.5, 0.6) is 11.5 Å². The number of nitrogens with zero attached hydrogens (tertiary/aromatic N) is 2. The number of hydrogen-bond acceptors (Lipinski definition) is 4. The van der Waals surface area contributed by atoms with Gasteiger partial charge < -0.3 is 19.3 Å². The van der Waals surface area contributed by atoms with Crippen LogP contribution in [0.15, 0.2) is 54.6 Å². The molecule has 0 aliphatic carbocycles. The highest BCUT2D eigenvalue weighted by Gasteiger charge is 2.26. The van der Waals surface area contributed by atoms with E-state index in [1.165, 1.54) is 0 Å². The summed E-state index contributed by atoms with van der Waals surface area (Å²) >= 11 is 0. The first-order chi connectivity index (χ1) is 13.5. The molecule has 0 saturated carbocycles. The zero-order valence-electron chi connectivity index (χ0n) is 16.3. The summed E-state index contributed by atoms with van der Waals surface area (Å²) in [6.45, 7) is 6.03. The first-order valence-corrected chi connectivity index (χ1v) is 9.50. The summed E-state index contributed by atoms with van der Waals surface area (Å²) in [6.07, 6.45) is -0.583. The van der Waals surface area contributed by atoms with Crippen molar-refractivity contribution in [1.82, 2.24) is 9.80 Å². The molecule has 0 N–H and O–H groups in total. The molecule has 1 unspecified atom stereocenters. The van der Waals surface area contributed by atoms with Crippen LogP contribution in [0.1, 0.15) is 19.4 Å². The van der Waals surface area contributed by atoms with E-state index in [0.717, 1.165) is 11.3 Å². The van der Waals surface area contributed by atoms with Gasteiger partial charge >= 0.3 is 0 Å². The maximum Gasteiger partial charge on any atom is 0.263 e. The van der Waals surface area contributed by atoms with Gasteiger partial charge in [0.15, 0.2) is 6.10 Å². The van der Waals surface area contributed by atoms with E-state index in [1.807, 2.05) is 42.5 Å². The van der Waals surface area contributed by atoms with Crippen molar-refractivity contribution in [3.8, 4) is 11.5 Å². The lowest BCUT2D eigenvalue weighted by Crippen LogP contribution is -2.52. The van der Waals surface area contributed by atoms with E-state index >= 15 is 0 Å². The molecule has 3 rings (SSSR count). The summed E-state index contributed by atoms with van der Waals surface area (Å²) in [6, 6.07) is 17.2. The van der Waals surface area contributed by atoms with Gasteiger partial charge in [0.05, 0.1) is 0 Å². The van der Waals surface area contributed by atoms with E-state index in [0.29, 0.717) is 38.5 Å². The largest absolute Gasteiger partial charge is 0.489 e. The van der Waals surface area contributed by atoms with Crippen LogP contribution < -0.4 is 9.47 Å². The lowest BCUT2D eigenvalue weighted by atomic mass is 10.2. The van der Waals surface area contributed by atoms with Crippen molar-refractivity contribution < 1.29 is 19.1 Å². The summed E-state index contributed by atoms with van der Waals surface area (Å²) in [5.41, 5.74) is 1.10. The van der Waals surface area contributed by atoms with Crippen LogP contribution in [-0.4, -0.2) is 53.9 Å². The van der Waals surface area contributed by atoms with E-state index in [-0.39, 0.29) is 11.8 Å². The molecule has 0 aromatic heterocycles. The molecule has 2 aromatic carbocycles. The highest BCUT2D eigenvalue weighted by atomic mass is 16.5. The fourth-order valence-corrected chi connectivity index (χ4v) is 3.11. The van der Waals surface area contributed by atoms with Crippen LogP contribution >= 0.6 is 0 Å². The van der Waals surface area contributed by atoms with Crippen LogP contribution in [0.4, 0.5) is 0 Å². The Kier molecular flexibility index (Phi) is 6.53. The normalized spacial score (nSPS) is 15.1. The minimum absolute atomic E-state index is 0.0472. The third-order valence-electron chi connectivity index (χ3n) is 4.77. The van der Waals surface area contributed by atoms with E-state index in [2.05, 4.69) is 0 Å². The van der Waals surface area contributed by atoms with Gasteiger partial charge in [0, 0.05) is 33.1 Å². The second kappa shape index (κ2) is 9.26. The van der Waals surface area contributed by atoms with E-state index in [9.17, 15) is 9.59 Å². The van der Waals surface area contributed by atoms with E-state index < -0.39 is 6.10 Å². The molecule has 0 radical (unpaired) electrons. The van der Waals surface area contributed by atoms with Gasteiger partial charge in [-0.3, -0.25) is 9.59 Å². The van der Waals surface area contributed by atoms with Gasteiger partial charge in [-0.05, 0) is 36.8 Å². The average molecular weight is 382 g/mol. The smallest absolute Gasteiger partial charge is 0.263 e. The minimum Gasteiger partial charge on any atom is -0.489 e. The van der Waals surface area contributed by atoms with Gasteiger partial charge in [-0.15, -0.1) is 0 Å². The van der Waals surface area contributed by atoms with Gasteiger partial charge in [0.25, 0.3) is 5.91 Å². The van der Waals surface area contributed by atoms with Gasteiger partial charge in [0.2, 0.25) is 5.91 Å². The Labute approximate surface area is 165 Å². The van der Waals surface area contributed by atoms with Crippen molar-refractivity contribution >= 4 is 11.8 Å². The Hall–Kier alpha value is -3.02. The summed E-state index contributed by atoms with van der Waals surface area (Å²) in [4.78, 5) is 27.5. The molecule has 1 atom stereocenters. The van der Waals surface area contributed by atoms with Crippen molar-refractivity contribution in [3.63, 3.8) is 0 Å². The van der Waals surface area contributed by atoms with Crippen LogP contribution in [0, 0.1) is 0 Å². The number of benzene rings is 2. The van der Waals surface area contributed by atoms with Crippen LogP contribution in [0.25, 0.3) is 0 Å². The summed E-state index contributed by atoms with van der Waals surface area (Å²) in [7, 11) is 0. The molecule has 148 valence electrons. The lowest BCUT2D eigenvalue weighted by molar-refractivity contribution is -0.143. The van der Waals surface area contributed by atoms with Gasteiger partial charge in [0.1, 0.15) is 18.1 Å². The number of piperazine rings is 1. The molecule has 1 aliphatic heterocycles. The van der Waals surface area contributed by atoms with Crippen LogP contribution in [0.2, 0.25) is 0 Å². The molecule has 6 heteroatoms. The number of carbonyl (C=O) groups is 2. The first-order valence-electron chi connectivity index (χ1n) is 9.50. The predicted octanol–water partition coefficient (Wildman–Crippen LogP) is 2.72. The SMILES string of the molecule is CC(=O)N1CCN(C(=O)C(C)Oc2ccc(OCc3ccccc3)cc2)CC1. The first kappa shape index (κ1) is 19.7. The minimum atomic E-state index is -0.583. The van der Waals surface area contributed by atoms with Crippen LogP contribution in [-0.2, 0) is 16.2 Å². The number of hydrogen-bond donors (Lipinski definition) is 0. The van der Waals surface area contributed by atoms with Crippen molar-refractivity contribution in [2.45, 2.75) is 26.6 Å². The molecule has 1 saturated heterocycles. The molecule has 2 aromatic rings. The Morgan fingerprint density at radius 2 is 1.46 bits per heavy atom. The molecule has 1 fully saturated rings. The van der Waals surface area contributed by atoms with Crippen LogP contribution in [0.3, 0.4) is 0 Å². The van der Waals surface area contributed by atoms with Gasteiger partial charge in [-0.1, -0.05) is 30.3 Å². The third kappa shape index (κ3) is 5.25. The number of ether oxygens (including phenoxy) is 2. The molecule has 1 heterocycles. The zero-order chi connectivity index (χ0) is 19.9. The number of amides is 2. The lowest BCUT2D eigenvalue weighted by Gasteiger charge is -2.35. The summed E-state index contributed by atoms with van der Waals surface area (Å²) in [5.74, 6) is 1.35. The van der Waals surface area contributed by atoms with Crippen molar-refractivity contribution in [2.24, 2.45) is 0 Å². The van der Waals surface area contributed by atoms with E-state index in [1.54, 1.807) is 35.8 Å². The highest BCUT2D eigenvalue weighted by Crippen LogP contribution is 2.20. The average Bonchev–Trinajstić information content (AvgIpc) is 2.73. The number of carbonyl (C=O) groups excluding carboxylic acids is 2. The molecule has 28 heavy (non-hydrogen) atoms. The quantitative estimate of drug-likeness (QED) is 0.771. The fourth-order valence-electron chi connectivity index (χ4n) is 3.11. The van der Waals surface area contributed by atoms with Gasteiger partial charge in [-0.25, -0.2) is 0 Å². The van der Waals surface area contributed by atoms with Gasteiger partial charge in [-0.2, -0.15) is 0 Å². The predicted molar refractivity (Wildman–Crippen MR) is 106 cm³/mol. The maximum atomic E-state index is 12.6. The van der Waals surface area contributed by atoms with Crippen molar-refractivity contribution in [2.75, 3.05) is 26.2 Å².